The summed E-state index contributed by atoms with van der Waals surface area (Å²) in [6.45, 7) is -0.166. The number of benzene rings is 4. The molecule has 1 fully saturated rings. The molecular formula is C38H37Cl2N3O2S. The summed E-state index contributed by atoms with van der Waals surface area (Å²) in [4.78, 5) is 17.5. The number of aliphatic carboxylic acids is 1. The molecule has 0 aliphatic heterocycles. The smallest absolute Gasteiger partial charge is 0.322 e. The van der Waals surface area contributed by atoms with Gasteiger partial charge in [-0.05, 0) is 83.3 Å². The van der Waals surface area contributed by atoms with Gasteiger partial charge in [0.2, 0.25) is 0 Å². The molecule has 8 heteroatoms. The van der Waals surface area contributed by atoms with Crippen LogP contribution in [-0.4, -0.2) is 32.9 Å². The molecule has 4 aromatic carbocycles. The van der Waals surface area contributed by atoms with Crippen LogP contribution in [0.15, 0.2) is 102 Å². The Morgan fingerprint density at radius 1 is 0.913 bits per heavy atom. The number of hydrogen-bond donors (Lipinski definition) is 2. The first-order valence-electron chi connectivity index (χ1n) is 15.8. The molecule has 5 aromatic rings. The Morgan fingerprint density at radius 2 is 1.65 bits per heavy atom. The second-order valence-electron chi connectivity index (χ2n) is 11.9. The molecule has 1 aliphatic rings. The molecule has 236 valence electrons. The molecule has 5 nitrogen and oxygen atoms in total. The number of carboxylic acids is 1. The molecule has 0 amide bonds. The maximum atomic E-state index is 11.1. The predicted octanol–water partition coefficient (Wildman–Crippen LogP) is 10.7. The van der Waals surface area contributed by atoms with Crippen molar-refractivity contribution in [2.75, 3.05) is 17.6 Å². The van der Waals surface area contributed by atoms with E-state index in [1.807, 2.05) is 52.9 Å². The van der Waals surface area contributed by atoms with Crippen molar-refractivity contribution >= 4 is 46.6 Å². The Hall–Kier alpha value is -3.71. The van der Waals surface area contributed by atoms with Crippen molar-refractivity contribution in [2.45, 2.75) is 49.8 Å². The van der Waals surface area contributed by atoms with Gasteiger partial charge >= 0.3 is 5.97 Å². The number of carbonyl (C=O) groups is 1. The summed E-state index contributed by atoms with van der Waals surface area (Å²) < 4.78 is 2.03. The van der Waals surface area contributed by atoms with Gasteiger partial charge in [-0.2, -0.15) is 0 Å². The maximum absolute atomic E-state index is 11.1. The minimum Gasteiger partial charge on any atom is -0.480 e. The largest absolute Gasteiger partial charge is 0.480 e. The van der Waals surface area contributed by atoms with E-state index in [2.05, 4.69) is 53.8 Å². The average molecular weight is 671 g/mol. The summed E-state index contributed by atoms with van der Waals surface area (Å²) in [6, 6.07) is 30.6. The monoisotopic (exact) mass is 669 g/mol. The number of rotatable bonds is 12. The quantitative estimate of drug-likeness (QED) is 0.129. The van der Waals surface area contributed by atoms with E-state index in [1.54, 1.807) is 12.1 Å². The van der Waals surface area contributed by atoms with Gasteiger partial charge in [-0.25, -0.2) is 4.98 Å². The van der Waals surface area contributed by atoms with Gasteiger partial charge in [0.1, 0.15) is 12.4 Å². The van der Waals surface area contributed by atoms with Crippen LogP contribution in [0.2, 0.25) is 10.0 Å². The molecule has 2 N–H and O–H groups in total. The van der Waals surface area contributed by atoms with E-state index in [-0.39, 0.29) is 6.54 Å². The highest BCUT2D eigenvalue weighted by Gasteiger charge is 2.16. The lowest BCUT2D eigenvalue weighted by atomic mass is 9.88. The number of halogens is 2. The normalized spacial score (nSPS) is 13.5. The van der Waals surface area contributed by atoms with E-state index in [9.17, 15) is 4.79 Å². The number of thioether (sulfide) groups is 1. The summed E-state index contributed by atoms with van der Waals surface area (Å²) in [5, 5.41) is 13.2. The summed E-state index contributed by atoms with van der Waals surface area (Å²) in [7, 11) is 0. The third-order valence-corrected chi connectivity index (χ3v) is 10.2. The third kappa shape index (κ3) is 8.35. The Labute approximate surface area is 285 Å². The van der Waals surface area contributed by atoms with Gasteiger partial charge in [-0.1, -0.05) is 97.8 Å². The molecule has 1 heterocycles. The van der Waals surface area contributed by atoms with Gasteiger partial charge in [0, 0.05) is 39.5 Å². The predicted molar refractivity (Wildman–Crippen MR) is 192 cm³/mol. The summed E-state index contributed by atoms with van der Waals surface area (Å²) in [6.07, 6.45) is 10.9. The van der Waals surface area contributed by atoms with Crippen LogP contribution in [-0.2, 0) is 11.2 Å². The zero-order chi connectivity index (χ0) is 31.9. The van der Waals surface area contributed by atoms with E-state index in [0.717, 1.165) is 34.3 Å². The molecule has 1 aliphatic carbocycles. The lowest BCUT2D eigenvalue weighted by Gasteiger charge is -2.21. The van der Waals surface area contributed by atoms with Crippen molar-refractivity contribution in [3.8, 4) is 28.1 Å². The zero-order valence-corrected chi connectivity index (χ0v) is 27.9. The van der Waals surface area contributed by atoms with Crippen LogP contribution >= 0.6 is 35.0 Å². The molecule has 6 rings (SSSR count). The second-order valence-corrected chi connectivity index (χ2v) is 13.9. The highest BCUT2D eigenvalue weighted by molar-refractivity contribution is 7.99. The fraction of sp³-hybridized carbons (Fsp3) is 0.263. The first kappa shape index (κ1) is 32.2. The maximum Gasteiger partial charge on any atom is 0.322 e. The van der Waals surface area contributed by atoms with Crippen LogP contribution in [0.25, 0.3) is 28.1 Å². The molecule has 0 unspecified atom stereocenters. The first-order valence-corrected chi connectivity index (χ1v) is 17.6. The van der Waals surface area contributed by atoms with Crippen molar-refractivity contribution in [2.24, 2.45) is 5.92 Å². The molecule has 46 heavy (non-hydrogen) atoms. The van der Waals surface area contributed by atoms with Crippen molar-refractivity contribution < 1.29 is 9.90 Å². The molecule has 0 bridgehead atoms. The lowest BCUT2D eigenvalue weighted by molar-refractivity contribution is -0.134. The molecular weight excluding hydrogens is 633 g/mol. The van der Waals surface area contributed by atoms with E-state index in [1.165, 1.54) is 60.3 Å². The van der Waals surface area contributed by atoms with Gasteiger partial charge in [0.15, 0.2) is 0 Å². The number of hydrogen-bond acceptors (Lipinski definition) is 4. The van der Waals surface area contributed by atoms with Crippen LogP contribution in [0, 0.1) is 5.92 Å². The van der Waals surface area contributed by atoms with Gasteiger partial charge in [-0.3, -0.25) is 4.79 Å². The fourth-order valence-corrected chi connectivity index (χ4v) is 7.62. The van der Waals surface area contributed by atoms with Crippen LogP contribution in [0.4, 0.5) is 5.69 Å². The topological polar surface area (TPSA) is 67.2 Å². The highest BCUT2D eigenvalue weighted by atomic mass is 35.5. The second kappa shape index (κ2) is 15.3. The zero-order valence-electron chi connectivity index (χ0n) is 25.6. The van der Waals surface area contributed by atoms with E-state index >= 15 is 0 Å². The van der Waals surface area contributed by atoms with Crippen LogP contribution < -0.4 is 5.32 Å². The van der Waals surface area contributed by atoms with Crippen molar-refractivity contribution in [1.29, 1.82) is 0 Å². The number of nitrogens with one attached hydrogen (secondary N) is 1. The standard InChI is InChI=1S/C38H37Cl2N3O2S/c39-30-15-18-34(35(40)22-30)36-25-43(32-8-4-7-31(23-32)41-24-38(44)45)37(42-36)21-27-9-11-28(12-10-27)29-13-16-33(17-14-29)46-20-19-26-5-2-1-3-6-26/h4,7-18,22-23,25-26,41H,1-3,5-6,19-21,24H2,(H,44,45). The summed E-state index contributed by atoms with van der Waals surface area (Å²) in [5.74, 6) is 2.03. The average Bonchev–Trinajstić information content (AvgIpc) is 3.48. The van der Waals surface area contributed by atoms with E-state index in [4.69, 9.17) is 33.3 Å². The van der Waals surface area contributed by atoms with Gasteiger partial charge < -0.3 is 15.0 Å². The van der Waals surface area contributed by atoms with Crippen molar-refractivity contribution in [3.63, 3.8) is 0 Å². The fourth-order valence-electron chi connectivity index (χ4n) is 6.10. The van der Waals surface area contributed by atoms with E-state index < -0.39 is 5.97 Å². The van der Waals surface area contributed by atoms with Crippen molar-refractivity contribution in [3.05, 3.63) is 119 Å². The van der Waals surface area contributed by atoms with Gasteiger partial charge in [-0.15, -0.1) is 11.8 Å². The third-order valence-electron chi connectivity index (χ3n) is 8.58. The Balaban J connectivity index is 1.19. The molecule has 1 aromatic heterocycles. The Morgan fingerprint density at radius 3 is 2.37 bits per heavy atom. The van der Waals surface area contributed by atoms with Gasteiger partial charge in [0.05, 0.1) is 10.7 Å². The lowest BCUT2D eigenvalue weighted by Crippen LogP contribution is -2.12. The highest BCUT2D eigenvalue weighted by Crippen LogP contribution is 2.33. The van der Waals surface area contributed by atoms with Crippen molar-refractivity contribution in [1.82, 2.24) is 9.55 Å². The number of imidazole rings is 1. The summed E-state index contributed by atoms with van der Waals surface area (Å²) >= 11 is 14.7. The Bertz CT molecular complexity index is 1780. The number of carboxylic acid groups (broad SMARTS) is 1. The number of nitrogens with zero attached hydrogens (tertiary/aromatic N) is 2. The number of anilines is 1. The Kier molecular flexibility index (Phi) is 10.7. The van der Waals surface area contributed by atoms with Gasteiger partial charge in [0.25, 0.3) is 0 Å². The molecule has 1 saturated carbocycles. The SMILES string of the molecule is O=C(O)CNc1cccc(-n2cc(-c3ccc(Cl)cc3Cl)nc2Cc2ccc(-c3ccc(SCCC4CCCCC4)cc3)cc2)c1. The molecule has 0 atom stereocenters. The minimum absolute atomic E-state index is 0.166. The minimum atomic E-state index is -0.920. The van der Waals surface area contributed by atoms with Crippen LogP contribution in [0.3, 0.4) is 0 Å². The molecule has 0 saturated heterocycles. The molecule has 0 radical (unpaired) electrons. The van der Waals surface area contributed by atoms with E-state index in [0.29, 0.717) is 22.2 Å². The summed E-state index contributed by atoms with van der Waals surface area (Å²) in [5.41, 5.74) is 6.60. The first-order chi connectivity index (χ1) is 22.4. The van der Waals surface area contributed by atoms with Crippen LogP contribution in [0.1, 0.15) is 49.9 Å². The number of aromatic nitrogens is 2. The molecule has 0 spiro atoms. The van der Waals surface area contributed by atoms with Crippen LogP contribution in [0.5, 0.6) is 0 Å².